The quantitative estimate of drug-likeness (QED) is 0.613. The van der Waals surface area contributed by atoms with Gasteiger partial charge in [0, 0.05) is 0 Å². The van der Waals surface area contributed by atoms with Crippen LogP contribution in [0.3, 0.4) is 0 Å². The molecule has 1 N–H and O–H groups in total. The smallest absolute Gasteiger partial charge is 0.267 e. The van der Waals surface area contributed by atoms with Crippen molar-refractivity contribution in [3.8, 4) is 10.6 Å². The maximum Gasteiger partial charge on any atom is 0.267 e. The maximum absolute atomic E-state index is 3.17. The van der Waals surface area contributed by atoms with Gasteiger partial charge in [0.1, 0.15) is 0 Å². The number of rotatable bonds is 1. The van der Waals surface area contributed by atoms with E-state index in [9.17, 15) is 0 Å². The van der Waals surface area contributed by atoms with Crippen molar-refractivity contribution >= 4 is 11.3 Å². The van der Waals surface area contributed by atoms with Gasteiger partial charge in [-0.25, -0.2) is 4.98 Å². The lowest BCUT2D eigenvalue weighted by molar-refractivity contribution is -0.358. The third kappa shape index (κ3) is 2.04. The highest BCUT2D eigenvalue weighted by molar-refractivity contribution is 7.12. The Morgan fingerprint density at radius 3 is 2.42 bits per heavy atom. The van der Waals surface area contributed by atoms with Crippen molar-refractivity contribution < 1.29 is 29.0 Å². The molecular formula is C9H8INS. The lowest BCUT2D eigenvalue weighted by atomic mass is 10.2. The minimum atomic E-state index is 0. The van der Waals surface area contributed by atoms with E-state index in [1.165, 1.54) is 10.6 Å². The summed E-state index contributed by atoms with van der Waals surface area (Å²) in [6.07, 6.45) is 1.95. The molecular weight excluding hydrogens is 281 g/mol. The molecule has 0 aliphatic rings. The second kappa shape index (κ2) is 4.57. The molecule has 2 aromatic rings. The zero-order chi connectivity index (χ0) is 7.52. The van der Waals surface area contributed by atoms with Crippen LogP contribution in [-0.2, 0) is 0 Å². The molecule has 1 nitrogen and oxygen atoms in total. The molecule has 0 spiro atoms. The number of hydrogen-bond acceptors (Lipinski definition) is 1. The lowest BCUT2D eigenvalue weighted by Crippen LogP contribution is -3.00. The van der Waals surface area contributed by atoms with Crippen molar-refractivity contribution in [1.82, 2.24) is 0 Å². The van der Waals surface area contributed by atoms with Gasteiger partial charge in [-0.1, -0.05) is 29.5 Å². The topological polar surface area (TPSA) is 14.1 Å². The van der Waals surface area contributed by atoms with E-state index in [-0.39, 0.29) is 24.0 Å². The molecule has 0 fully saturated rings. The molecule has 0 radical (unpaired) electrons. The number of hydrogen-bond donors (Lipinski definition) is 0. The molecule has 1 aromatic carbocycles. The van der Waals surface area contributed by atoms with Gasteiger partial charge in [0.2, 0.25) is 0 Å². The summed E-state index contributed by atoms with van der Waals surface area (Å²) < 4.78 is 0. The molecule has 0 amide bonds. The van der Waals surface area contributed by atoms with Crippen molar-refractivity contribution in [3.05, 3.63) is 41.9 Å². The monoisotopic (exact) mass is 289 g/mol. The van der Waals surface area contributed by atoms with Crippen molar-refractivity contribution in [3.63, 3.8) is 0 Å². The van der Waals surface area contributed by atoms with Gasteiger partial charge in [0.15, 0.2) is 6.20 Å². The van der Waals surface area contributed by atoms with Crippen molar-refractivity contribution in [2.24, 2.45) is 0 Å². The van der Waals surface area contributed by atoms with E-state index < -0.39 is 0 Å². The molecule has 3 heteroatoms. The average Bonchev–Trinajstić information content (AvgIpc) is 2.58. The van der Waals surface area contributed by atoms with E-state index in [4.69, 9.17) is 0 Å². The Bertz CT molecular complexity index is 318. The molecule has 0 bridgehead atoms. The fourth-order valence-corrected chi connectivity index (χ4v) is 1.67. The first kappa shape index (κ1) is 9.67. The summed E-state index contributed by atoms with van der Waals surface area (Å²) in [5, 5.41) is 3.26. The van der Waals surface area contributed by atoms with E-state index in [1.54, 1.807) is 11.3 Å². The summed E-state index contributed by atoms with van der Waals surface area (Å²) in [7, 11) is 0. The van der Waals surface area contributed by atoms with Crippen molar-refractivity contribution in [1.29, 1.82) is 0 Å². The van der Waals surface area contributed by atoms with Crippen LogP contribution in [0.2, 0.25) is 0 Å². The predicted octanol–water partition coefficient (Wildman–Crippen LogP) is -0.767. The Labute approximate surface area is 92.5 Å². The van der Waals surface area contributed by atoms with Gasteiger partial charge < -0.3 is 24.0 Å². The summed E-state index contributed by atoms with van der Waals surface area (Å²) in [5.74, 6) is 0. The van der Waals surface area contributed by atoms with Crippen LogP contribution in [0.1, 0.15) is 0 Å². The predicted molar refractivity (Wildman–Crippen MR) is 46.3 cm³/mol. The molecule has 0 saturated heterocycles. The van der Waals surface area contributed by atoms with Gasteiger partial charge in [-0.15, -0.1) is 0 Å². The Hall–Kier alpha value is -0.420. The minimum Gasteiger partial charge on any atom is -1.00 e. The summed E-state index contributed by atoms with van der Waals surface area (Å²) in [6, 6.07) is 10.3. The third-order valence-electron chi connectivity index (χ3n) is 1.50. The second-order valence-corrected chi connectivity index (χ2v) is 3.18. The molecule has 0 atom stereocenters. The van der Waals surface area contributed by atoms with E-state index in [0.717, 1.165) is 0 Å². The SMILES string of the molecule is [I-].c1ccc(-c2[nH+]ccs2)cc1. The maximum atomic E-state index is 3.17. The first-order valence-corrected chi connectivity index (χ1v) is 4.35. The number of aromatic nitrogens is 1. The minimum absolute atomic E-state index is 0. The average molecular weight is 289 g/mol. The summed E-state index contributed by atoms with van der Waals surface area (Å²) in [4.78, 5) is 3.17. The Kier molecular flexibility index (Phi) is 3.68. The number of halogens is 1. The van der Waals surface area contributed by atoms with Crippen LogP contribution in [0.15, 0.2) is 41.9 Å². The number of H-pyrrole nitrogens is 1. The van der Waals surface area contributed by atoms with Crippen molar-refractivity contribution in [2.75, 3.05) is 0 Å². The van der Waals surface area contributed by atoms with Crippen LogP contribution < -0.4 is 29.0 Å². The van der Waals surface area contributed by atoms with Crippen LogP contribution in [0.25, 0.3) is 10.6 Å². The van der Waals surface area contributed by atoms with E-state index in [0.29, 0.717) is 0 Å². The first-order chi connectivity index (χ1) is 5.47. The number of nitrogens with one attached hydrogen (secondary N) is 1. The van der Waals surface area contributed by atoms with Crippen LogP contribution in [-0.4, -0.2) is 0 Å². The zero-order valence-electron chi connectivity index (χ0n) is 6.33. The Morgan fingerprint density at radius 2 is 1.83 bits per heavy atom. The Balaban J connectivity index is 0.000000720. The first-order valence-electron chi connectivity index (χ1n) is 3.47. The molecule has 0 saturated carbocycles. The summed E-state index contributed by atoms with van der Waals surface area (Å²) in [6.45, 7) is 0. The summed E-state index contributed by atoms with van der Waals surface area (Å²) >= 11 is 1.72. The molecule has 0 aliphatic carbocycles. The fraction of sp³-hybridized carbons (Fsp3) is 0. The van der Waals surface area contributed by atoms with Gasteiger partial charge in [-0.2, -0.15) is 0 Å². The van der Waals surface area contributed by atoms with Gasteiger partial charge in [0.25, 0.3) is 5.01 Å². The van der Waals surface area contributed by atoms with Crippen LogP contribution >= 0.6 is 11.3 Å². The highest BCUT2D eigenvalue weighted by Gasteiger charge is 2.02. The number of benzene rings is 1. The van der Waals surface area contributed by atoms with Gasteiger partial charge in [-0.3, -0.25) is 0 Å². The highest BCUT2D eigenvalue weighted by atomic mass is 127. The molecule has 0 unspecified atom stereocenters. The third-order valence-corrected chi connectivity index (χ3v) is 2.37. The fourth-order valence-electron chi connectivity index (χ4n) is 0.987. The van der Waals surface area contributed by atoms with E-state index in [2.05, 4.69) is 17.1 Å². The van der Waals surface area contributed by atoms with Crippen LogP contribution in [0.4, 0.5) is 0 Å². The van der Waals surface area contributed by atoms with Gasteiger partial charge in [-0.05, 0) is 12.1 Å². The molecule has 0 aliphatic heterocycles. The highest BCUT2D eigenvalue weighted by Crippen LogP contribution is 2.17. The normalized spacial score (nSPS) is 9.00. The standard InChI is InChI=1S/C9H7NS.HI/c1-2-4-8(5-3-1)9-10-6-7-11-9;/h1-7H;1H. The Morgan fingerprint density at radius 1 is 1.08 bits per heavy atom. The summed E-state index contributed by atoms with van der Waals surface area (Å²) in [5.41, 5.74) is 1.25. The molecule has 2 rings (SSSR count). The lowest BCUT2D eigenvalue weighted by Gasteiger charge is -1.87. The van der Waals surface area contributed by atoms with E-state index in [1.807, 2.05) is 29.8 Å². The van der Waals surface area contributed by atoms with Gasteiger partial charge in [0.05, 0.1) is 10.9 Å². The molecule has 62 valence electrons. The largest absolute Gasteiger partial charge is 1.00 e. The number of thiazole rings is 1. The van der Waals surface area contributed by atoms with Crippen LogP contribution in [0, 0.1) is 0 Å². The van der Waals surface area contributed by atoms with E-state index >= 15 is 0 Å². The second-order valence-electron chi connectivity index (χ2n) is 2.26. The van der Waals surface area contributed by atoms with Crippen LogP contribution in [0.5, 0.6) is 0 Å². The number of aromatic amines is 1. The molecule has 1 heterocycles. The van der Waals surface area contributed by atoms with Crippen molar-refractivity contribution in [2.45, 2.75) is 0 Å². The molecule has 1 aromatic heterocycles. The van der Waals surface area contributed by atoms with Gasteiger partial charge >= 0.3 is 0 Å². The molecule has 12 heavy (non-hydrogen) atoms. The zero-order valence-corrected chi connectivity index (χ0v) is 9.30.